The van der Waals surface area contributed by atoms with Crippen LogP contribution >= 0.6 is 0 Å². The van der Waals surface area contributed by atoms with Gasteiger partial charge in [0.2, 0.25) is 0 Å². The number of hydrogen-bond acceptors (Lipinski definition) is 3. The number of nitrogens with one attached hydrogen (secondary N) is 1. The van der Waals surface area contributed by atoms with E-state index in [0.717, 1.165) is 12.4 Å². The van der Waals surface area contributed by atoms with E-state index >= 15 is 0 Å². The molecule has 3 heteroatoms. The molecule has 0 heterocycles. The summed E-state index contributed by atoms with van der Waals surface area (Å²) in [5.74, 6) is 1.48. The third-order valence-corrected chi connectivity index (χ3v) is 3.36. The van der Waals surface area contributed by atoms with Gasteiger partial charge in [-0.1, -0.05) is 32.0 Å². The number of hydrogen-bond donors (Lipinski definition) is 1. The van der Waals surface area contributed by atoms with Gasteiger partial charge >= 0.3 is 0 Å². The van der Waals surface area contributed by atoms with Crippen LogP contribution in [-0.4, -0.2) is 25.9 Å². The molecule has 0 bridgehead atoms. The second kappa shape index (κ2) is 8.28. The van der Waals surface area contributed by atoms with Crippen molar-refractivity contribution >= 4 is 0 Å². The van der Waals surface area contributed by atoms with Gasteiger partial charge in [0.05, 0.1) is 12.7 Å². The van der Waals surface area contributed by atoms with Crippen LogP contribution in [0.1, 0.15) is 46.2 Å². The van der Waals surface area contributed by atoms with Crippen molar-refractivity contribution in [3.8, 4) is 5.75 Å². The maximum atomic E-state index is 5.90. The lowest BCUT2D eigenvalue weighted by Crippen LogP contribution is -2.39. The van der Waals surface area contributed by atoms with E-state index in [2.05, 4.69) is 52.1 Å². The molecular weight excluding hydrogens is 250 g/mol. The van der Waals surface area contributed by atoms with E-state index in [9.17, 15) is 0 Å². The smallest absolute Gasteiger partial charge is 0.124 e. The van der Waals surface area contributed by atoms with Crippen LogP contribution in [0, 0.1) is 5.92 Å². The van der Waals surface area contributed by atoms with Crippen molar-refractivity contribution in [1.82, 2.24) is 5.32 Å². The summed E-state index contributed by atoms with van der Waals surface area (Å²) >= 11 is 0. The van der Waals surface area contributed by atoms with Crippen LogP contribution in [0.25, 0.3) is 0 Å². The molecule has 1 rings (SSSR count). The molecule has 1 aromatic carbocycles. The summed E-state index contributed by atoms with van der Waals surface area (Å²) in [6, 6.07) is 8.80. The maximum Gasteiger partial charge on any atom is 0.124 e. The van der Waals surface area contributed by atoms with Crippen molar-refractivity contribution in [3.05, 3.63) is 29.8 Å². The van der Waals surface area contributed by atoms with E-state index in [1.165, 1.54) is 5.56 Å². The molecule has 3 nitrogen and oxygen atoms in total. The highest BCUT2D eigenvalue weighted by molar-refractivity contribution is 5.35. The van der Waals surface area contributed by atoms with Crippen LogP contribution in [0.4, 0.5) is 0 Å². The third-order valence-electron chi connectivity index (χ3n) is 3.36. The van der Waals surface area contributed by atoms with Crippen LogP contribution in [-0.2, 0) is 4.74 Å². The van der Waals surface area contributed by atoms with Crippen molar-refractivity contribution < 1.29 is 9.47 Å². The summed E-state index contributed by atoms with van der Waals surface area (Å²) < 4.78 is 11.2. The predicted molar refractivity (Wildman–Crippen MR) is 84.3 cm³/mol. The first kappa shape index (κ1) is 17.0. The Morgan fingerprint density at radius 3 is 2.25 bits per heavy atom. The van der Waals surface area contributed by atoms with E-state index in [1.807, 2.05) is 12.1 Å². The normalized spacial score (nSPS) is 14.6. The van der Waals surface area contributed by atoms with Gasteiger partial charge in [-0.3, -0.25) is 0 Å². The average molecular weight is 279 g/mol. The quantitative estimate of drug-likeness (QED) is 0.785. The Hall–Kier alpha value is -1.06. The minimum absolute atomic E-state index is 0.184. The molecule has 0 aliphatic rings. The molecule has 1 N–H and O–H groups in total. The van der Waals surface area contributed by atoms with Gasteiger partial charge in [0.1, 0.15) is 5.75 Å². The fourth-order valence-electron chi connectivity index (χ4n) is 2.22. The lowest BCUT2D eigenvalue weighted by molar-refractivity contribution is 0.141. The molecule has 0 aliphatic heterocycles. The summed E-state index contributed by atoms with van der Waals surface area (Å²) in [7, 11) is 1.75. The number of ether oxygens (including phenoxy) is 2. The molecular formula is C17H29NO2. The molecule has 2 unspecified atom stereocenters. The first-order chi connectivity index (χ1) is 9.45. The van der Waals surface area contributed by atoms with Crippen LogP contribution in [0.15, 0.2) is 24.3 Å². The summed E-state index contributed by atoms with van der Waals surface area (Å²) in [4.78, 5) is 0. The Kier molecular flexibility index (Phi) is 7.03. The molecule has 0 aliphatic carbocycles. The van der Waals surface area contributed by atoms with E-state index < -0.39 is 0 Å². The molecule has 0 saturated carbocycles. The zero-order valence-electron chi connectivity index (χ0n) is 13.6. The van der Waals surface area contributed by atoms with E-state index in [1.54, 1.807) is 7.11 Å². The van der Waals surface area contributed by atoms with E-state index in [0.29, 0.717) is 12.0 Å². The molecule has 0 saturated heterocycles. The van der Waals surface area contributed by atoms with Gasteiger partial charge in [0.15, 0.2) is 0 Å². The molecule has 0 spiro atoms. The Bertz CT molecular complexity index is 390. The number of rotatable bonds is 8. The van der Waals surface area contributed by atoms with Gasteiger partial charge in [-0.2, -0.15) is 0 Å². The number of methoxy groups -OCH3 is 1. The first-order valence-corrected chi connectivity index (χ1v) is 7.46. The lowest BCUT2D eigenvalue weighted by Gasteiger charge is -2.27. The molecule has 2 atom stereocenters. The van der Waals surface area contributed by atoms with Gasteiger partial charge in [-0.15, -0.1) is 0 Å². The second-order valence-electron chi connectivity index (χ2n) is 5.90. The minimum Gasteiger partial charge on any atom is -0.491 e. The molecule has 0 radical (unpaired) electrons. The highest BCUT2D eigenvalue weighted by Crippen LogP contribution is 2.26. The Morgan fingerprint density at radius 1 is 1.05 bits per heavy atom. The Labute approximate surface area is 123 Å². The second-order valence-corrected chi connectivity index (χ2v) is 5.90. The average Bonchev–Trinajstić information content (AvgIpc) is 2.37. The zero-order chi connectivity index (χ0) is 15.1. The molecule has 0 aromatic heterocycles. The Balaban J connectivity index is 2.82. The SMILES string of the molecule is COCC(NC(C)c1ccccc1OC(C)C)C(C)C. The fourth-order valence-corrected chi connectivity index (χ4v) is 2.22. The van der Waals surface area contributed by atoms with Crippen molar-refractivity contribution in [3.63, 3.8) is 0 Å². The van der Waals surface area contributed by atoms with E-state index in [-0.39, 0.29) is 12.1 Å². The van der Waals surface area contributed by atoms with E-state index in [4.69, 9.17) is 9.47 Å². The van der Waals surface area contributed by atoms with Crippen molar-refractivity contribution in [2.75, 3.05) is 13.7 Å². The van der Waals surface area contributed by atoms with Crippen molar-refractivity contribution in [2.45, 2.75) is 52.8 Å². The van der Waals surface area contributed by atoms with Gasteiger partial charge < -0.3 is 14.8 Å². The molecule has 20 heavy (non-hydrogen) atoms. The minimum atomic E-state index is 0.184. The predicted octanol–water partition coefficient (Wildman–Crippen LogP) is 3.80. The lowest BCUT2D eigenvalue weighted by atomic mass is 10.0. The zero-order valence-corrected chi connectivity index (χ0v) is 13.6. The first-order valence-electron chi connectivity index (χ1n) is 7.46. The van der Waals surface area contributed by atoms with Crippen molar-refractivity contribution in [1.29, 1.82) is 0 Å². The Morgan fingerprint density at radius 2 is 1.70 bits per heavy atom. The molecule has 0 fully saturated rings. The van der Waals surface area contributed by atoms with Crippen LogP contribution < -0.4 is 10.1 Å². The topological polar surface area (TPSA) is 30.5 Å². The van der Waals surface area contributed by atoms with Gasteiger partial charge in [-0.05, 0) is 32.8 Å². The summed E-state index contributed by atoms with van der Waals surface area (Å²) in [6.07, 6.45) is 0.184. The standard InChI is InChI=1S/C17H29NO2/c1-12(2)16(11-19-6)18-14(5)15-9-7-8-10-17(15)20-13(3)4/h7-10,12-14,16,18H,11H2,1-6H3. The number of benzene rings is 1. The van der Waals surface area contributed by atoms with Crippen molar-refractivity contribution in [2.24, 2.45) is 5.92 Å². The molecule has 114 valence electrons. The fraction of sp³-hybridized carbons (Fsp3) is 0.647. The summed E-state index contributed by atoms with van der Waals surface area (Å²) in [6.45, 7) is 11.4. The highest BCUT2D eigenvalue weighted by atomic mass is 16.5. The monoisotopic (exact) mass is 279 g/mol. The molecule has 0 amide bonds. The van der Waals surface area contributed by atoms with Crippen LogP contribution in [0.5, 0.6) is 5.75 Å². The number of para-hydroxylation sites is 1. The van der Waals surface area contributed by atoms with Crippen LogP contribution in [0.2, 0.25) is 0 Å². The van der Waals surface area contributed by atoms with Gasteiger partial charge in [-0.25, -0.2) is 0 Å². The molecule has 1 aromatic rings. The van der Waals surface area contributed by atoms with Gasteiger partial charge in [0.25, 0.3) is 0 Å². The van der Waals surface area contributed by atoms with Crippen LogP contribution in [0.3, 0.4) is 0 Å². The highest BCUT2D eigenvalue weighted by Gasteiger charge is 2.19. The third kappa shape index (κ3) is 5.14. The largest absolute Gasteiger partial charge is 0.491 e. The summed E-state index contributed by atoms with van der Waals surface area (Å²) in [5, 5.41) is 3.64. The van der Waals surface area contributed by atoms with Gasteiger partial charge in [0, 0.05) is 24.8 Å². The maximum absolute atomic E-state index is 5.90. The summed E-state index contributed by atoms with van der Waals surface area (Å²) in [5.41, 5.74) is 1.20.